The van der Waals surface area contributed by atoms with Crippen LogP contribution in [0.25, 0.3) is 11.6 Å². The molecule has 0 amide bonds. The molecule has 2 rings (SSSR count). The van der Waals surface area contributed by atoms with Crippen molar-refractivity contribution in [3.05, 3.63) is 69.2 Å². The monoisotopic (exact) mass is 306 g/mol. The molecule has 2 aromatic rings. The third-order valence-electron chi connectivity index (χ3n) is 2.55. The van der Waals surface area contributed by atoms with E-state index in [9.17, 15) is 0 Å². The first-order chi connectivity index (χ1) is 8.15. The van der Waals surface area contributed by atoms with Gasteiger partial charge >= 0.3 is 0 Å². The molecule has 0 atom stereocenters. The van der Waals surface area contributed by atoms with Crippen LogP contribution in [0.2, 0.25) is 5.02 Å². The van der Waals surface area contributed by atoms with Crippen LogP contribution in [0.4, 0.5) is 0 Å². The molecule has 0 aliphatic heterocycles. The van der Waals surface area contributed by atoms with Gasteiger partial charge in [0, 0.05) is 9.50 Å². The molecule has 0 saturated carbocycles. The number of hydrogen-bond donors (Lipinski definition) is 0. The van der Waals surface area contributed by atoms with Gasteiger partial charge in [-0.2, -0.15) is 0 Å². The fraction of sp³-hybridized carbons (Fsp3) is 0.0667. The van der Waals surface area contributed by atoms with E-state index < -0.39 is 0 Å². The molecule has 0 aliphatic rings. The highest BCUT2D eigenvalue weighted by Crippen LogP contribution is 2.20. The summed E-state index contributed by atoms with van der Waals surface area (Å²) >= 11 is 9.30. The van der Waals surface area contributed by atoms with Gasteiger partial charge in [-0.15, -0.1) is 0 Å². The summed E-state index contributed by atoms with van der Waals surface area (Å²) in [4.78, 5) is 0. The SMILES string of the molecule is C/C(=C/c1ccc(Br)cc1)c1ccc(Cl)cc1. The van der Waals surface area contributed by atoms with E-state index in [1.807, 2.05) is 36.4 Å². The summed E-state index contributed by atoms with van der Waals surface area (Å²) in [5.74, 6) is 0. The molecule has 2 heteroatoms. The van der Waals surface area contributed by atoms with E-state index >= 15 is 0 Å². The van der Waals surface area contributed by atoms with Gasteiger partial charge in [0.2, 0.25) is 0 Å². The van der Waals surface area contributed by atoms with Crippen molar-refractivity contribution in [1.29, 1.82) is 0 Å². The maximum Gasteiger partial charge on any atom is 0.0406 e. The normalized spacial score (nSPS) is 11.6. The van der Waals surface area contributed by atoms with E-state index in [1.165, 1.54) is 16.7 Å². The Balaban J connectivity index is 2.27. The average Bonchev–Trinajstić information content (AvgIpc) is 2.33. The molecule has 17 heavy (non-hydrogen) atoms. The van der Waals surface area contributed by atoms with Gasteiger partial charge in [-0.05, 0) is 47.9 Å². The summed E-state index contributed by atoms with van der Waals surface area (Å²) in [6.07, 6.45) is 2.16. The Hall–Kier alpha value is -1.05. The Morgan fingerprint density at radius 1 is 1.00 bits per heavy atom. The first kappa shape index (κ1) is 12.4. The molecule has 0 bridgehead atoms. The standard InChI is InChI=1S/C15H12BrCl/c1-11(13-4-8-15(17)9-5-13)10-12-2-6-14(16)7-3-12/h2-10H,1H3/b11-10-. The highest BCUT2D eigenvalue weighted by Gasteiger charge is 1.96. The molecule has 0 fully saturated rings. The number of benzene rings is 2. The third-order valence-corrected chi connectivity index (χ3v) is 3.33. The summed E-state index contributed by atoms with van der Waals surface area (Å²) < 4.78 is 1.10. The van der Waals surface area contributed by atoms with Crippen molar-refractivity contribution in [3.8, 4) is 0 Å². The Bertz CT molecular complexity index is 524. The highest BCUT2D eigenvalue weighted by molar-refractivity contribution is 9.10. The van der Waals surface area contributed by atoms with Gasteiger partial charge in [-0.3, -0.25) is 0 Å². The van der Waals surface area contributed by atoms with Crippen molar-refractivity contribution >= 4 is 39.2 Å². The van der Waals surface area contributed by atoms with E-state index in [4.69, 9.17) is 11.6 Å². The predicted molar refractivity (Wildman–Crippen MR) is 79.1 cm³/mol. The van der Waals surface area contributed by atoms with Crippen LogP contribution in [0, 0.1) is 0 Å². The summed E-state index contributed by atoms with van der Waals surface area (Å²) in [7, 11) is 0. The lowest BCUT2D eigenvalue weighted by Crippen LogP contribution is -1.79. The molecule has 0 nitrogen and oxygen atoms in total. The molecule has 0 aromatic heterocycles. The first-order valence-electron chi connectivity index (χ1n) is 5.35. The van der Waals surface area contributed by atoms with Crippen LogP contribution in [-0.2, 0) is 0 Å². The second-order valence-corrected chi connectivity index (χ2v) is 5.24. The fourth-order valence-electron chi connectivity index (χ4n) is 1.61. The van der Waals surface area contributed by atoms with Crippen LogP contribution < -0.4 is 0 Å². The minimum Gasteiger partial charge on any atom is -0.0843 e. The Morgan fingerprint density at radius 2 is 1.59 bits per heavy atom. The zero-order valence-corrected chi connectivity index (χ0v) is 11.8. The lowest BCUT2D eigenvalue weighted by Gasteiger charge is -2.02. The van der Waals surface area contributed by atoms with Gasteiger partial charge in [0.15, 0.2) is 0 Å². The van der Waals surface area contributed by atoms with Gasteiger partial charge in [0.05, 0.1) is 0 Å². The topological polar surface area (TPSA) is 0 Å². The molecular weight excluding hydrogens is 296 g/mol. The average molecular weight is 308 g/mol. The molecule has 86 valence electrons. The number of halogens is 2. The number of allylic oxidation sites excluding steroid dienone is 1. The zero-order chi connectivity index (χ0) is 12.3. The number of hydrogen-bond acceptors (Lipinski definition) is 0. The third kappa shape index (κ3) is 3.45. The van der Waals surface area contributed by atoms with Gasteiger partial charge in [-0.25, -0.2) is 0 Å². The van der Waals surface area contributed by atoms with Crippen LogP contribution >= 0.6 is 27.5 Å². The highest BCUT2D eigenvalue weighted by atomic mass is 79.9. The van der Waals surface area contributed by atoms with Gasteiger partial charge in [-0.1, -0.05) is 57.9 Å². The summed E-state index contributed by atoms with van der Waals surface area (Å²) in [5, 5.41) is 0.769. The van der Waals surface area contributed by atoms with Crippen molar-refractivity contribution in [3.63, 3.8) is 0 Å². The second-order valence-electron chi connectivity index (χ2n) is 3.89. The Morgan fingerprint density at radius 3 is 2.18 bits per heavy atom. The summed E-state index contributed by atoms with van der Waals surface area (Å²) in [6.45, 7) is 2.10. The van der Waals surface area contributed by atoms with Crippen molar-refractivity contribution in [2.75, 3.05) is 0 Å². The minimum atomic E-state index is 0.769. The van der Waals surface area contributed by atoms with Crippen molar-refractivity contribution in [2.45, 2.75) is 6.92 Å². The van der Waals surface area contributed by atoms with Gasteiger partial charge in [0.1, 0.15) is 0 Å². The predicted octanol–water partition coefficient (Wildman–Crippen LogP) is 5.66. The fourth-order valence-corrected chi connectivity index (χ4v) is 2.00. The zero-order valence-electron chi connectivity index (χ0n) is 9.45. The van der Waals surface area contributed by atoms with Crippen LogP contribution in [-0.4, -0.2) is 0 Å². The van der Waals surface area contributed by atoms with E-state index in [-0.39, 0.29) is 0 Å². The van der Waals surface area contributed by atoms with Crippen molar-refractivity contribution < 1.29 is 0 Å². The quantitative estimate of drug-likeness (QED) is 0.628. The molecule has 2 aromatic carbocycles. The molecule has 0 unspecified atom stereocenters. The van der Waals surface area contributed by atoms with Crippen molar-refractivity contribution in [2.24, 2.45) is 0 Å². The second kappa shape index (κ2) is 5.52. The molecule has 0 heterocycles. The van der Waals surface area contributed by atoms with Crippen LogP contribution in [0.1, 0.15) is 18.1 Å². The van der Waals surface area contributed by atoms with Gasteiger partial charge in [0.25, 0.3) is 0 Å². The largest absolute Gasteiger partial charge is 0.0843 e. The summed E-state index contributed by atoms with van der Waals surface area (Å²) in [6, 6.07) is 16.2. The van der Waals surface area contributed by atoms with E-state index in [0.29, 0.717) is 0 Å². The minimum absolute atomic E-state index is 0.769. The van der Waals surface area contributed by atoms with E-state index in [1.54, 1.807) is 0 Å². The molecule has 0 radical (unpaired) electrons. The first-order valence-corrected chi connectivity index (χ1v) is 6.52. The molecule has 0 spiro atoms. The molecule has 0 saturated heterocycles. The smallest absolute Gasteiger partial charge is 0.0406 e. The van der Waals surface area contributed by atoms with E-state index in [0.717, 1.165) is 9.50 Å². The lowest BCUT2D eigenvalue weighted by atomic mass is 10.0. The summed E-state index contributed by atoms with van der Waals surface area (Å²) in [5.41, 5.74) is 3.61. The van der Waals surface area contributed by atoms with Crippen LogP contribution in [0.3, 0.4) is 0 Å². The lowest BCUT2D eigenvalue weighted by molar-refractivity contribution is 1.56. The molecule has 0 aliphatic carbocycles. The van der Waals surface area contributed by atoms with Crippen molar-refractivity contribution in [1.82, 2.24) is 0 Å². The van der Waals surface area contributed by atoms with Gasteiger partial charge < -0.3 is 0 Å². The maximum atomic E-state index is 5.87. The molecule has 0 N–H and O–H groups in total. The van der Waals surface area contributed by atoms with Crippen LogP contribution in [0.5, 0.6) is 0 Å². The van der Waals surface area contributed by atoms with Crippen LogP contribution in [0.15, 0.2) is 53.0 Å². The maximum absolute atomic E-state index is 5.87. The molecular formula is C15H12BrCl. The number of rotatable bonds is 2. The van der Waals surface area contributed by atoms with E-state index in [2.05, 4.69) is 41.1 Å². The Kier molecular flexibility index (Phi) is 4.03. The Labute approximate surface area is 115 Å².